The first-order chi connectivity index (χ1) is 6.31. The maximum Gasteiger partial charge on any atom is 0.193 e. The smallest absolute Gasteiger partial charge is 0.193 e. The molecule has 0 saturated heterocycles. The quantitative estimate of drug-likeness (QED) is 0.315. The summed E-state index contributed by atoms with van der Waals surface area (Å²) in [5, 5.41) is 11.0. The van der Waals surface area contributed by atoms with Crippen LogP contribution < -0.4 is 0 Å². The van der Waals surface area contributed by atoms with Crippen molar-refractivity contribution in [1.82, 2.24) is 0 Å². The molecular weight excluding hydrogens is 168 g/mol. The molecule has 0 aliphatic heterocycles. The third-order valence-electron chi connectivity index (χ3n) is 1.54. The zero-order valence-corrected chi connectivity index (χ0v) is 8.33. The fourth-order valence-electron chi connectivity index (χ4n) is 0.787. The lowest BCUT2D eigenvalue weighted by Crippen LogP contribution is -2.13. The lowest BCUT2D eigenvalue weighted by atomic mass is 10.3. The highest BCUT2D eigenvalue weighted by molar-refractivity contribution is 4.64. The summed E-state index contributed by atoms with van der Waals surface area (Å²) < 4.78 is 10.1. The summed E-state index contributed by atoms with van der Waals surface area (Å²) >= 11 is 0. The van der Waals surface area contributed by atoms with Crippen LogP contribution in [0.25, 0.3) is 0 Å². The second-order valence-electron chi connectivity index (χ2n) is 2.81. The van der Waals surface area contributed by atoms with Gasteiger partial charge in [0.05, 0.1) is 13.2 Å². The Morgan fingerprint density at radius 1 is 1.46 bits per heavy atom. The van der Waals surface area contributed by atoms with Gasteiger partial charge in [0.15, 0.2) is 6.29 Å². The molecule has 0 amide bonds. The van der Waals surface area contributed by atoms with Gasteiger partial charge in [-0.3, -0.25) is 0 Å². The van der Waals surface area contributed by atoms with Crippen LogP contribution in [0.4, 0.5) is 0 Å². The predicted molar refractivity (Wildman–Crippen MR) is 51.0 cm³/mol. The molecule has 0 spiro atoms. The topological polar surface area (TPSA) is 38.4 Å². The van der Waals surface area contributed by atoms with Gasteiger partial charge in [-0.15, -0.1) is 6.58 Å². The fourth-order valence-corrected chi connectivity index (χ4v) is 0.787. The summed E-state index contributed by atoms with van der Waals surface area (Å²) in [7, 11) is 0. The molecular formula is C10H19O3. The molecule has 0 heterocycles. The van der Waals surface area contributed by atoms with Crippen LogP contribution in [0, 0.1) is 0 Å². The van der Waals surface area contributed by atoms with Crippen LogP contribution >= 0.6 is 0 Å². The molecule has 1 unspecified atom stereocenters. The van der Waals surface area contributed by atoms with E-state index in [1.54, 1.807) is 6.08 Å². The van der Waals surface area contributed by atoms with Gasteiger partial charge in [0.25, 0.3) is 0 Å². The van der Waals surface area contributed by atoms with Crippen molar-refractivity contribution in [3.63, 3.8) is 0 Å². The zero-order chi connectivity index (χ0) is 9.94. The van der Waals surface area contributed by atoms with Crippen LogP contribution in [0.3, 0.4) is 0 Å². The third kappa shape index (κ3) is 9.53. The Balaban J connectivity index is 3.07. The lowest BCUT2D eigenvalue weighted by Gasteiger charge is -2.08. The Kier molecular flexibility index (Phi) is 9.42. The molecule has 0 aliphatic carbocycles. The summed E-state index contributed by atoms with van der Waals surface area (Å²) in [6, 6.07) is 0. The molecule has 0 saturated carbocycles. The van der Waals surface area contributed by atoms with Gasteiger partial charge in [-0.2, -0.15) is 0 Å². The van der Waals surface area contributed by atoms with E-state index in [0.717, 1.165) is 19.4 Å². The predicted octanol–water partition coefficient (Wildman–Crippen LogP) is 2.15. The highest BCUT2D eigenvalue weighted by Gasteiger charge is 2.03. The minimum absolute atomic E-state index is 0.323. The van der Waals surface area contributed by atoms with E-state index >= 15 is 0 Å². The average molecular weight is 187 g/mol. The highest BCUT2D eigenvalue weighted by atomic mass is 16.6. The van der Waals surface area contributed by atoms with Crippen molar-refractivity contribution in [2.75, 3.05) is 19.8 Å². The Morgan fingerprint density at radius 2 is 2.23 bits per heavy atom. The first-order valence-electron chi connectivity index (χ1n) is 4.77. The minimum atomic E-state index is -0.973. The molecule has 0 aromatic rings. The first-order valence-corrected chi connectivity index (χ1v) is 4.77. The third-order valence-corrected chi connectivity index (χ3v) is 1.54. The standard InChI is InChI=1S/C10H19O3/c1-3-5-8-12-9-6-10(11)13-7-4-2/h4,10H,2-3,5-9H2,1H3. The Morgan fingerprint density at radius 3 is 2.85 bits per heavy atom. The van der Waals surface area contributed by atoms with Crippen molar-refractivity contribution in [3.8, 4) is 0 Å². The van der Waals surface area contributed by atoms with Gasteiger partial charge in [-0.25, -0.2) is 5.11 Å². The van der Waals surface area contributed by atoms with Crippen LogP contribution in [0.15, 0.2) is 12.7 Å². The normalized spacial score (nSPS) is 12.8. The molecule has 3 nitrogen and oxygen atoms in total. The zero-order valence-electron chi connectivity index (χ0n) is 8.33. The molecule has 1 radical (unpaired) electrons. The summed E-state index contributed by atoms with van der Waals surface area (Å²) in [5.41, 5.74) is 0. The molecule has 13 heavy (non-hydrogen) atoms. The largest absolute Gasteiger partial charge is 0.381 e. The molecule has 0 aromatic carbocycles. The molecule has 0 bridgehead atoms. The molecule has 1 atom stereocenters. The van der Waals surface area contributed by atoms with Crippen LogP contribution in [-0.4, -0.2) is 26.1 Å². The molecule has 0 fully saturated rings. The van der Waals surface area contributed by atoms with Crippen LogP contribution in [0.1, 0.15) is 26.2 Å². The van der Waals surface area contributed by atoms with E-state index in [-0.39, 0.29) is 0 Å². The lowest BCUT2D eigenvalue weighted by molar-refractivity contribution is -0.142. The van der Waals surface area contributed by atoms with Gasteiger partial charge < -0.3 is 9.47 Å². The van der Waals surface area contributed by atoms with E-state index in [1.807, 2.05) is 0 Å². The number of hydrogen-bond acceptors (Lipinski definition) is 2. The number of hydrogen-bond donors (Lipinski definition) is 0. The van der Waals surface area contributed by atoms with Gasteiger partial charge in [-0.05, 0) is 6.42 Å². The Hall–Kier alpha value is -0.380. The highest BCUT2D eigenvalue weighted by Crippen LogP contribution is 1.97. The summed E-state index contributed by atoms with van der Waals surface area (Å²) in [5.74, 6) is 0. The van der Waals surface area contributed by atoms with Crippen molar-refractivity contribution in [1.29, 1.82) is 0 Å². The molecule has 3 heteroatoms. The summed E-state index contributed by atoms with van der Waals surface area (Å²) in [4.78, 5) is 0. The van der Waals surface area contributed by atoms with Gasteiger partial charge in [0, 0.05) is 13.0 Å². The van der Waals surface area contributed by atoms with E-state index in [0.29, 0.717) is 19.6 Å². The van der Waals surface area contributed by atoms with E-state index in [2.05, 4.69) is 13.5 Å². The summed E-state index contributed by atoms with van der Waals surface area (Å²) in [6.07, 6.45) is 3.19. The van der Waals surface area contributed by atoms with Crippen molar-refractivity contribution < 1.29 is 14.6 Å². The average Bonchev–Trinajstić information content (AvgIpc) is 2.14. The molecule has 0 aromatic heterocycles. The van der Waals surface area contributed by atoms with Crippen molar-refractivity contribution >= 4 is 0 Å². The maximum absolute atomic E-state index is 11.0. The SMILES string of the molecule is C=CCOC([O])CCOCCCC. The van der Waals surface area contributed by atoms with E-state index in [9.17, 15) is 5.11 Å². The van der Waals surface area contributed by atoms with Crippen LogP contribution in [0.5, 0.6) is 0 Å². The monoisotopic (exact) mass is 187 g/mol. The molecule has 77 valence electrons. The second kappa shape index (κ2) is 9.71. The second-order valence-corrected chi connectivity index (χ2v) is 2.81. The minimum Gasteiger partial charge on any atom is -0.381 e. The van der Waals surface area contributed by atoms with E-state index in [1.165, 1.54) is 0 Å². The Bertz CT molecular complexity index is 115. The fraction of sp³-hybridized carbons (Fsp3) is 0.800. The molecule has 0 N–H and O–H groups in total. The van der Waals surface area contributed by atoms with Crippen molar-refractivity contribution in [2.24, 2.45) is 0 Å². The van der Waals surface area contributed by atoms with Gasteiger partial charge >= 0.3 is 0 Å². The van der Waals surface area contributed by atoms with Crippen LogP contribution in [0.2, 0.25) is 0 Å². The van der Waals surface area contributed by atoms with Crippen LogP contribution in [-0.2, 0) is 14.6 Å². The van der Waals surface area contributed by atoms with E-state index in [4.69, 9.17) is 9.47 Å². The Labute approximate surface area is 80.4 Å². The van der Waals surface area contributed by atoms with Gasteiger partial charge in [0.1, 0.15) is 0 Å². The number of rotatable bonds is 9. The summed E-state index contributed by atoms with van der Waals surface area (Å²) in [6.45, 7) is 7.12. The number of unbranched alkanes of at least 4 members (excludes halogenated alkanes) is 1. The molecule has 0 aliphatic rings. The first kappa shape index (κ1) is 12.6. The molecule has 0 rings (SSSR count). The van der Waals surface area contributed by atoms with Gasteiger partial charge in [-0.1, -0.05) is 19.4 Å². The van der Waals surface area contributed by atoms with Crippen molar-refractivity contribution in [2.45, 2.75) is 32.5 Å². The van der Waals surface area contributed by atoms with Gasteiger partial charge in [0.2, 0.25) is 0 Å². The van der Waals surface area contributed by atoms with E-state index < -0.39 is 6.29 Å². The van der Waals surface area contributed by atoms with Crippen molar-refractivity contribution in [3.05, 3.63) is 12.7 Å². The number of ether oxygens (including phenoxy) is 2. The maximum atomic E-state index is 11.0.